The first-order valence-electron chi connectivity index (χ1n) is 6.53. The van der Waals surface area contributed by atoms with Crippen LogP contribution >= 0.6 is 0 Å². The Morgan fingerprint density at radius 3 is 2.57 bits per heavy atom. The smallest absolute Gasteiger partial charge is 0.340 e. The number of rotatable bonds is 3. The molecule has 0 spiro atoms. The molecule has 0 aliphatic heterocycles. The van der Waals surface area contributed by atoms with E-state index in [9.17, 15) is 14.0 Å². The second kappa shape index (κ2) is 5.55. The van der Waals surface area contributed by atoms with Crippen LogP contribution in [0.1, 0.15) is 24.2 Å². The summed E-state index contributed by atoms with van der Waals surface area (Å²) in [5.74, 6) is -1.48. The molecule has 5 nitrogen and oxygen atoms in total. The van der Waals surface area contributed by atoms with Crippen molar-refractivity contribution in [3.05, 3.63) is 39.9 Å². The highest BCUT2D eigenvalue weighted by atomic mass is 19.1. The molecule has 0 aliphatic rings. The van der Waals surface area contributed by atoms with E-state index in [0.717, 1.165) is 6.07 Å². The second-order valence-corrected chi connectivity index (χ2v) is 5.10. The van der Waals surface area contributed by atoms with Gasteiger partial charge in [-0.25, -0.2) is 9.18 Å². The highest BCUT2D eigenvalue weighted by Crippen LogP contribution is 2.21. The van der Waals surface area contributed by atoms with Crippen LogP contribution in [0.25, 0.3) is 10.9 Å². The summed E-state index contributed by atoms with van der Waals surface area (Å²) in [6.07, 6.45) is 0. The predicted molar refractivity (Wildman–Crippen MR) is 79.4 cm³/mol. The van der Waals surface area contributed by atoms with Crippen LogP contribution in [0.2, 0.25) is 0 Å². The maximum atomic E-state index is 13.8. The van der Waals surface area contributed by atoms with Crippen molar-refractivity contribution in [1.29, 1.82) is 0 Å². The van der Waals surface area contributed by atoms with Gasteiger partial charge in [-0.2, -0.15) is 0 Å². The maximum absolute atomic E-state index is 13.8. The molecule has 1 aromatic heterocycles. The summed E-state index contributed by atoms with van der Waals surface area (Å²) in [5.41, 5.74) is 0.338. The normalized spacial score (nSPS) is 11.0. The van der Waals surface area contributed by atoms with Gasteiger partial charge in [0.05, 0.1) is 18.2 Å². The number of benzene rings is 1. The molecule has 0 fully saturated rings. The molecule has 0 saturated heterocycles. The summed E-state index contributed by atoms with van der Waals surface area (Å²) in [6, 6.07) is 4.27. The number of H-pyrrole nitrogens is 1. The largest absolute Gasteiger partial charge is 0.465 e. The van der Waals surface area contributed by atoms with Gasteiger partial charge in [-0.05, 0) is 32.0 Å². The minimum absolute atomic E-state index is 0.129. The molecule has 0 radical (unpaired) electrons. The summed E-state index contributed by atoms with van der Waals surface area (Å²) in [4.78, 5) is 28.0. The number of methoxy groups -OCH3 is 1. The lowest BCUT2D eigenvalue weighted by atomic mass is 10.1. The van der Waals surface area contributed by atoms with Gasteiger partial charge in [-0.1, -0.05) is 0 Å². The van der Waals surface area contributed by atoms with Crippen molar-refractivity contribution in [3.63, 3.8) is 0 Å². The summed E-state index contributed by atoms with van der Waals surface area (Å²) >= 11 is 0. The number of aromatic amines is 1. The quantitative estimate of drug-likeness (QED) is 0.882. The molecule has 2 aromatic rings. The lowest BCUT2D eigenvalue weighted by Crippen LogP contribution is -2.31. The topological polar surface area (TPSA) is 62.4 Å². The van der Waals surface area contributed by atoms with E-state index in [2.05, 4.69) is 9.72 Å². The van der Waals surface area contributed by atoms with Gasteiger partial charge in [-0.15, -0.1) is 0 Å². The van der Waals surface area contributed by atoms with Gasteiger partial charge < -0.3 is 14.6 Å². The van der Waals surface area contributed by atoms with Crippen molar-refractivity contribution in [1.82, 2.24) is 4.98 Å². The van der Waals surface area contributed by atoms with E-state index in [1.165, 1.54) is 13.2 Å². The van der Waals surface area contributed by atoms with Crippen molar-refractivity contribution in [2.75, 3.05) is 19.1 Å². The highest BCUT2D eigenvalue weighted by Gasteiger charge is 2.16. The molecule has 21 heavy (non-hydrogen) atoms. The molecule has 1 N–H and O–H groups in total. The number of esters is 1. The van der Waals surface area contributed by atoms with Gasteiger partial charge in [0, 0.05) is 18.5 Å². The molecule has 112 valence electrons. The van der Waals surface area contributed by atoms with Crippen molar-refractivity contribution in [2.24, 2.45) is 0 Å². The summed E-state index contributed by atoms with van der Waals surface area (Å²) in [6.45, 7) is 3.91. The Morgan fingerprint density at radius 1 is 1.33 bits per heavy atom. The predicted octanol–water partition coefficient (Wildman–Crippen LogP) is 2.30. The van der Waals surface area contributed by atoms with E-state index in [-0.39, 0.29) is 17.2 Å². The number of halogens is 1. The molecule has 0 bridgehead atoms. The number of anilines is 1. The Kier molecular flexibility index (Phi) is 3.97. The Morgan fingerprint density at radius 2 is 2.00 bits per heavy atom. The fraction of sp³-hybridized carbons (Fsp3) is 0.333. The van der Waals surface area contributed by atoms with Crippen molar-refractivity contribution in [2.45, 2.75) is 19.9 Å². The molecular formula is C15H17FN2O3. The van der Waals surface area contributed by atoms with Gasteiger partial charge in [0.25, 0.3) is 5.56 Å². The van der Waals surface area contributed by atoms with E-state index in [4.69, 9.17) is 0 Å². The standard InChI is InChI=1S/C15H17FN2O3/c1-8(2)18(3)13-6-9-5-10(15(20)21-4)11(16)7-12(9)17-14(13)19/h5-8H,1-4H3,(H,17,19). The van der Waals surface area contributed by atoms with Crippen LogP contribution in [0.4, 0.5) is 10.1 Å². The lowest BCUT2D eigenvalue weighted by Gasteiger charge is -2.23. The Bertz CT molecular complexity index is 752. The summed E-state index contributed by atoms with van der Waals surface area (Å²) < 4.78 is 18.4. The lowest BCUT2D eigenvalue weighted by molar-refractivity contribution is 0.0595. The van der Waals surface area contributed by atoms with Crippen molar-refractivity contribution in [3.8, 4) is 0 Å². The molecule has 1 aromatic carbocycles. The molecule has 2 rings (SSSR count). The van der Waals surface area contributed by atoms with Crippen LogP contribution in [0.3, 0.4) is 0 Å². The van der Waals surface area contributed by atoms with Crippen LogP contribution in [0.5, 0.6) is 0 Å². The number of aromatic nitrogens is 1. The van der Waals surface area contributed by atoms with Gasteiger partial charge in [0.15, 0.2) is 0 Å². The van der Waals surface area contributed by atoms with E-state index in [0.29, 0.717) is 16.6 Å². The van der Waals surface area contributed by atoms with Gasteiger partial charge in [0.2, 0.25) is 0 Å². The fourth-order valence-electron chi connectivity index (χ4n) is 2.02. The average molecular weight is 292 g/mol. The average Bonchev–Trinajstić information content (AvgIpc) is 2.44. The first-order valence-corrected chi connectivity index (χ1v) is 6.53. The number of nitrogens with one attached hydrogen (secondary N) is 1. The summed E-state index contributed by atoms with van der Waals surface area (Å²) in [7, 11) is 2.99. The summed E-state index contributed by atoms with van der Waals surface area (Å²) in [5, 5.41) is 0.568. The van der Waals surface area contributed by atoms with Crippen LogP contribution in [-0.4, -0.2) is 31.2 Å². The van der Waals surface area contributed by atoms with Gasteiger partial charge in [0.1, 0.15) is 11.5 Å². The zero-order valence-corrected chi connectivity index (χ0v) is 12.4. The number of nitrogens with zero attached hydrogens (tertiary/aromatic N) is 1. The van der Waals surface area contributed by atoms with Crippen LogP contribution in [0, 0.1) is 5.82 Å². The fourth-order valence-corrected chi connectivity index (χ4v) is 2.02. The number of carbonyl (C=O) groups is 1. The number of carbonyl (C=O) groups excluding carboxylic acids is 1. The number of pyridine rings is 1. The number of ether oxygens (including phenoxy) is 1. The second-order valence-electron chi connectivity index (χ2n) is 5.10. The molecule has 0 unspecified atom stereocenters. The number of fused-ring (bicyclic) bond motifs is 1. The highest BCUT2D eigenvalue weighted by molar-refractivity contribution is 5.95. The van der Waals surface area contributed by atoms with E-state index in [1.54, 1.807) is 18.0 Å². The zero-order valence-electron chi connectivity index (χ0n) is 12.4. The molecule has 1 heterocycles. The minimum atomic E-state index is -0.751. The van der Waals surface area contributed by atoms with E-state index >= 15 is 0 Å². The first-order chi connectivity index (χ1) is 9.85. The van der Waals surface area contributed by atoms with E-state index < -0.39 is 11.8 Å². The SMILES string of the molecule is COC(=O)c1cc2cc(N(C)C(C)C)c(=O)[nH]c2cc1F. The molecule has 0 saturated carbocycles. The third kappa shape index (κ3) is 2.74. The number of hydrogen-bond donors (Lipinski definition) is 1. The van der Waals surface area contributed by atoms with Crippen molar-refractivity contribution >= 4 is 22.6 Å². The Labute approximate surface area is 121 Å². The van der Waals surface area contributed by atoms with Crippen LogP contribution in [-0.2, 0) is 4.74 Å². The van der Waals surface area contributed by atoms with Crippen LogP contribution in [0.15, 0.2) is 23.0 Å². The molecule has 0 aliphatic carbocycles. The third-order valence-corrected chi connectivity index (χ3v) is 3.47. The molecule has 0 amide bonds. The monoisotopic (exact) mass is 292 g/mol. The first kappa shape index (κ1) is 15.0. The van der Waals surface area contributed by atoms with E-state index in [1.807, 2.05) is 13.8 Å². The Balaban J connectivity index is 2.68. The van der Waals surface area contributed by atoms with Crippen molar-refractivity contribution < 1.29 is 13.9 Å². The molecular weight excluding hydrogens is 275 g/mol. The minimum Gasteiger partial charge on any atom is -0.465 e. The maximum Gasteiger partial charge on any atom is 0.340 e. The van der Waals surface area contributed by atoms with Gasteiger partial charge >= 0.3 is 5.97 Å². The zero-order chi connectivity index (χ0) is 15.7. The molecule has 0 atom stereocenters. The number of hydrogen-bond acceptors (Lipinski definition) is 4. The van der Waals surface area contributed by atoms with Gasteiger partial charge in [-0.3, -0.25) is 4.79 Å². The Hall–Kier alpha value is -2.37. The third-order valence-electron chi connectivity index (χ3n) is 3.47. The van der Waals surface area contributed by atoms with Crippen LogP contribution < -0.4 is 10.5 Å². The molecule has 6 heteroatoms.